The number of ether oxygens (including phenoxy) is 2. The summed E-state index contributed by atoms with van der Waals surface area (Å²) in [5.41, 5.74) is 0. The van der Waals surface area contributed by atoms with E-state index < -0.39 is 18.1 Å². The van der Waals surface area contributed by atoms with Gasteiger partial charge >= 0.3 is 12.1 Å². The number of amides is 1. The molecule has 0 aliphatic carbocycles. The molecule has 1 heterocycles. The molecule has 1 aliphatic rings. The molecule has 0 N–H and O–H groups in total. The number of Topliss-reactive ketones (excluding diaryl/α,β-unsaturated/α-hetero) is 1. The second-order valence-corrected chi connectivity index (χ2v) is 3.63. The maximum Gasteiger partial charge on any atom is 0.410 e. The Kier molecular flexibility index (Phi) is 4.93. The Morgan fingerprint density at radius 2 is 1.94 bits per heavy atom. The highest BCUT2D eigenvalue weighted by molar-refractivity contribution is 5.93. The van der Waals surface area contributed by atoms with E-state index in [2.05, 4.69) is 0 Å². The van der Waals surface area contributed by atoms with Crippen LogP contribution in [0.3, 0.4) is 0 Å². The Hall–Kier alpha value is -1.59. The summed E-state index contributed by atoms with van der Waals surface area (Å²) >= 11 is 0. The molecule has 6 heteroatoms. The third kappa shape index (κ3) is 3.44. The Morgan fingerprint density at radius 3 is 2.53 bits per heavy atom. The average molecular weight is 243 g/mol. The van der Waals surface area contributed by atoms with Crippen molar-refractivity contribution in [2.75, 3.05) is 19.8 Å². The van der Waals surface area contributed by atoms with Crippen LogP contribution in [-0.4, -0.2) is 48.5 Å². The van der Waals surface area contributed by atoms with Gasteiger partial charge in [0, 0.05) is 13.0 Å². The largest absolute Gasteiger partial charge is 0.466 e. The summed E-state index contributed by atoms with van der Waals surface area (Å²) in [5, 5.41) is 0. The molecule has 0 bridgehead atoms. The smallest absolute Gasteiger partial charge is 0.410 e. The summed E-state index contributed by atoms with van der Waals surface area (Å²) in [6, 6.07) is -0.729. The van der Waals surface area contributed by atoms with Gasteiger partial charge in [0.25, 0.3) is 0 Å². The minimum Gasteiger partial charge on any atom is -0.466 e. The van der Waals surface area contributed by atoms with Gasteiger partial charge in [-0.15, -0.1) is 0 Å². The van der Waals surface area contributed by atoms with Crippen LogP contribution < -0.4 is 0 Å². The molecule has 17 heavy (non-hydrogen) atoms. The van der Waals surface area contributed by atoms with Crippen LogP contribution in [0.5, 0.6) is 0 Å². The first-order valence-corrected chi connectivity index (χ1v) is 5.71. The standard InChI is InChI=1S/C11H17NO5/c1-3-16-10(14)7-8-9(13)5-6-12(8)11(15)17-4-2/h8H,3-7H2,1-2H3. The summed E-state index contributed by atoms with van der Waals surface area (Å²) in [7, 11) is 0. The van der Waals surface area contributed by atoms with Crippen LogP contribution in [0.4, 0.5) is 4.79 Å². The number of likely N-dealkylation sites (tertiary alicyclic amines) is 1. The van der Waals surface area contributed by atoms with E-state index in [1.165, 1.54) is 4.90 Å². The summed E-state index contributed by atoms with van der Waals surface area (Å²) in [4.78, 5) is 35.7. The predicted octanol–water partition coefficient (Wildman–Crippen LogP) is 0.740. The lowest BCUT2D eigenvalue weighted by Crippen LogP contribution is -2.40. The molecule has 0 spiro atoms. The number of rotatable bonds is 4. The number of nitrogens with zero attached hydrogens (tertiary/aromatic N) is 1. The van der Waals surface area contributed by atoms with Crippen LogP contribution in [0.1, 0.15) is 26.7 Å². The SMILES string of the molecule is CCOC(=O)CC1C(=O)CCN1C(=O)OCC. The molecule has 0 saturated carbocycles. The van der Waals surface area contributed by atoms with Gasteiger partial charge in [-0.1, -0.05) is 0 Å². The zero-order chi connectivity index (χ0) is 12.8. The summed E-state index contributed by atoms with van der Waals surface area (Å²) < 4.78 is 9.60. The summed E-state index contributed by atoms with van der Waals surface area (Å²) in [6.07, 6.45) is -0.373. The molecule has 0 aromatic heterocycles. The molecule has 1 rings (SSSR count). The number of esters is 1. The van der Waals surface area contributed by atoms with Gasteiger partial charge < -0.3 is 9.47 Å². The van der Waals surface area contributed by atoms with Gasteiger partial charge in [0.1, 0.15) is 6.04 Å². The number of carbonyl (C=O) groups is 3. The fourth-order valence-electron chi connectivity index (χ4n) is 1.75. The van der Waals surface area contributed by atoms with Gasteiger partial charge in [0.05, 0.1) is 19.6 Å². The topological polar surface area (TPSA) is 72.9 Å². The van der Waals surface area contributed by atoms with Crippen molar-refractivity contribution < 1.29 is 23.9 Å². The van der Waals surface area contributed by atoms with Gasteiger partial charge in [-0.2, -0.15) is 0 Å². The molecule has 1 fully saturated rings. The normalized spacial score (nSPS) is 19.3. The molecule has 96 valence electrons. The minimum absolute atomic E-state index is 0.0918. The van der Waals surface area contributed by atoms with Gasteiger partial charge in [-0.05, 0) is 13.8 Å². The quantitative estimate of drug-likeness (QED) is 0.681. The van der Waals surface area contributed by atoms with E-state index in [-0.39, 0.29) is 31.8 Å². The highest BCUT2D eigenvalue weighted by Gasteiger charge is 2.38. The second kappa shape index (κ2) is 6.22. The van der Waals surface area contributed by atoms with E-state index in [0.717, 1.165) is 0 Å². The Bertz CT molecular complexity index is 315. The number of ketones is 1. The number of carbonyl (C=O) groups excluding carboxylic acids is 3. The fourth-order valence-corrected chi connectivity index (χ4v) is 1.75. The van der Waals surface area contributed by atoms with Crippen LogP contribution >= 0.6 is 0 Å². The molecule has 1 saturated heterocycles. The molecular formula is C11H17NO5. The number of hydrogen-bond acceptors (Lipinski definition) is 5. The molecule has 6 nitrogen and oxygen atoms in total. The molecule has 0 aromatic rings. The van der Waals surface area contributed by atoms with E-state index in [1.807, 2.05) is 0 Å². The van der Waals surface area contributed by atoms with Crippen LogP contribution in [0, 0.1) is 0 Å². The van der Waals surface area contributed by atoms with Crippen molar-refractivity contribution in [1.29, 1.82) is 0 Å². The molecule has 1 unspecified atom stereocenters. The fraction of sp³-hybridized carbons (Fsp3) is 0.727. The lowest BCUT2D eigenvalue weighted by Gasteiger charge is -2.21. The van der Waals surface area contributed by atoms with Crippen molar-refractivity contribution in [1.82, 2.24) is 4.90 Å². The maximum absolute atomic E-state index is 11.6. The van der Waals surface area contributed by atoms with E-state index in [4.69, 9.17) is 9.47 Å². The van der Waals surface area contributed by atoms with E-state index >= 15 is 0 Å². The molecule has 1 atom stereocenters. The summed E-state index contributed by atoms with van der Waals surface area (Å²) in [5.74, 6) is -0.590. The van der Waals surface area contributed by atoms with Crippen molar-refractivity contribution in [2.45, 2.75) is 32.7 Å². The van der Waals surface area contributed by atoms with Gasteiger partial charge in [-0.3, -0.25) is 14.5 Å². The molecular weight excluding hydrogens is 226 g/mol. The third-order valence-corrected chi connectivity index (χ3v) is 2.51. The zero-order valence-electron chi connectivity index (χ0n) is 10.1. The third-order valence-electron chi connectivity index (χ3n) is 2.51. The van der Waals surface area contributed by atoms with E-state index in [9.17, 15) is 14.4 Å². The first kappa shape index (κ1) is 13.5. The van der Waals surface area contributed by atoms with Crippen molar-refractivity contribution in [3.8, 4) is 0 Å². The summed E-state index contributed by atoms with van der Waals surface area (Å²) in [6.45, 7) is 4.20. The van der Waals surface area contributed by atoms with Gasteiger partial charge in [0.2, 0.25) is 0 Å². The zero-order valence-corrected chi connectivity index (χ0v) is 10.1. The van der Waals surface area contributed by atoms with Crippen LogP contribution in [0.15, 0.2) is 0 Å². The lowest BCUT2D eigenvalue weighted by atomic mass is 10.1. The Labute approximate surface area is 99.9 Å². The van der Waals surface area contributed by atoms with E-state index in [0.29, 0.717) is 6.54 Å². The maximum atomic E-state index is 11.6. The highest BCUT2D eigenvalue weighted by atomic mass is 16.6. The van der Waals surface area contributed by atoms with Crippen LogP contribution in [-0.2, 0) is 19.1 Å². The number of hydrogen-bond donors (Lipinski definition) is 0. The van der Waals surface area contributed by atoms with Crippen molar-refractivity contribution in [2.24, 2.45) is 0 Å². The Morgan fingerprint density at radius 1 is 1.29 bits per heavy atom. The monoisotopic (exact) mass is 243 g/mol. The first-order chi connectivity index (χ1) is 8.10. The van der Waals surface area contributed by atoms with Gasteiger partial charge in [-0.25, -0.2) is 4.79 Å². The van der Waals surface area contributed by atoms with Crippen molar-refractivity contribution >= 4 is 17.8 Å². The molecule has 1 aliphatic heterocycles. The molecule has 0 radical (unpaired) electrons. The van der Waals surface area contributed by atoms with Crippen LogP contribution in [0.25, 0.3) is 0 Å². The highest BCUT2D eigenvalue weighted by Crippen LogP contribution is 2.18. The first-order valence-electron chi connectivity index (χ1n) is 5.71. The predicted molar refractivity (Wildman–Crippen MR) is 58.4 cm³/mol. The van der Waals surface area contributed by atoms with E-state index in [1.54, 1.807) is 13.8 Å². The average Bonchev–Trinajstić information content (AvgIpc) is 2.61. The minimum atomic E-state index is -0.729. The van der Waals surface area contributed by atoms with Crippen LogP contribution in [0.2, 0.25) is 0 Å². The van der Waals surface area contributed by atoms with Crippen molar-refractivity contribution in [3.05, 3.63) is 0 Å². The second-order valence-electron chi connectivity index (χ2n) is 3.63. The lowest BCUT2D eigenvalue weighted by molar-refractivity contribution is -0.145. The molecule has 1 amide bonds. The molecule has 0 aromatic carbocycles. The Balaban J connectivity index is 2.62. The van der Waals surface area contributed by atoms with Gasteiger partial charge in [0.15, 0.2) is 5.78 Å². The van der Waals surface area contributed by atoms with Crippen molar-refractivity contribution in [3.63, 3.8) is 0 Å².